The summed E-state index contributed by atoms with van der Waals surface area (Å²) in [5.41, 5.74) is 2.38. The highest BCUT2D eigenvalue weighted by Crippen LogP contribution is 2.19. The zero-order valence-corrected chi connectivity index (χ0v) is 13.2. The van der Waals surface area contributed by atoms with Crippen LogP contribution in [0.15, 0.2) is 54.7 Å². The number of H-pyrrole nitrogens is 1. The number of anilines is 1. The molecule has 1 unspecified atom stereocenters. The van der Waals surface area contributed by atoms with Crippen LogP contribution in [0.2, 0.25) is 0 Å². The van der Waals surface area contributed by atoms with Gasteiger partial charge >= 0.3 is 6.03 Å². The molecule has 3 aromatic rings. The van der Waals surface area contributed by atoms with E-state index in [-0.39, 0.29) is 12.6 Å². The molecule has 3 rings (SSSR count). The number of methoxy groups -OCH3 is 1. The summed E-state index contributed by atoms with van der Waals surface area (Å²) >= 11 is 0. The van der Waals surface area contributed by atoms with Crippen LogP contribution in [0, 0.1) is 0 Å². The average molecular weight is 325 g/mol. The molecule has 4 N–H and O–H groups in total. The number of aromatic nitrogens is 1. The normalized spacial score (nSPS) is 11.9. The Balaban J connectivity index is 1.56. The monoisotopic (exact) mass is 325 g/mol. The second kappa shape index (κ2) is 7.06. The third-order valence-electron chi connectivity index (χ3n) is 3.75. The lowest BCUT2D eigenvalue weighted by Crippen LogP contribution is -2.32. The molecule has 0 radical (unpaired) electrons. The van der Waals surface area contributed by atoms with E-state index in [2.05, 4.69) is 15.6 Å². The Kier molecular flexibility index (Phi) is 4.67. The first-order chi connectivity index (χ1) is 11.7. The molecule has 6 heteroatoms. The molecule has 2 amide bonds. The number of rotatable bonds is 5. The molecule has 24 heavy (non-hydrogen) atoms. The summed E-state index contributed by atoms with van der Waals surface area (Å²) in [6.45, 7) is 0.103. The lowest BCUT2D eigenvalue weighted by atomic mass is 10.1. The minimum atomic E-state index is -0.807. The predicted molar refractivity (Wildman–Crippen MR) is 93.3 cm³/mol. The van der Waals surface area contributed by atoms with E-state index in [0.717, 1.165) is 10.9 Å². The van der Waals surface area contributed by atoms with E-state index >= 15 is 0 Å². The SMILES string of the molecule is COc1cccc(C(O)CNC(=O)Nc2ccc3[nH]ccc3c2)c1. The Morgan fingerprint density at radius 1 is 1.25 bits per heavy atom. The van der Waals surface area contributed by atoms with Crippen LogP contribution < -0.4 is 15.4 Å². The van der Waals surface area contributed by atoms with E-state index in [9.17, 15) is 9.90 Å². The number of hydrogen-bond acceptors (Lipinski definition) is 3. The Bertz CT molecular complexity index is 844. The maximum Gasteiger partial charge on any atom is 0.319 e. The highest BCUT2D eigenvalue weighted by Gasteiger charge is 2.10. The number of fused-ring (bicyclic) bond motifs is 1. The van der Waals surface area contributed by atoms with Crippen molar-refractivity contribution in [1.82, 2.24) is 10.3 Å². The van der Waals surface area contributed by atoms with Crippen molar-refractivity contribution in [2.24, 2.45) is 0 Å². The fraction of sp³-hybridized carbons (Fsp3) is 0.167. The van der Waals surface area contributed by atoms with Crippen LogP contribution in [0.1, 0.15) is 11.7 Å². The first-order valence-corrected chi connectivity index (χ1v) is 7.60. The quantitative estimate of drug-likeness (QED) is 0.581. The van der Waals surface area contributed by atoms with Gasteiger partial charge in [0.15, 0.2) is 0 Å². The van der Waals surface area contributed by atoms with E-state index in [1.807, 2.05) is 30.5 Å². The second-order valence-electron chi connectivity index (χ2n) is 5.41. The van der Waals surface area contributed by atoms with Crippen molar-refractivity contribution >= 4 is 22.6 Å². The summed E-state index contributed by atoms with van der Waals surface area (Å²) in [6.07, 6.45) is 1.04. The van der Waals surface area contributed by atoms with Crippen LogP contribution >= 0.6 is 0 Å². The molecule has 0 bridgehead atoms. The van der Waals surface area contributed by atoms with Crippen molar-refractivity contribution in [2.45, 2.75) is 6.10 Å². The molecular formula is C18H19N3O3. The number of carbonyl (C=O) groups is 1. The van der Waals surface area contributed by atoms with Gasteiger partial charge in [0.25, 0.3) is 0 Å². The van der Waals surface area contributed by atoms with Crippen LogP contribution in [0.5, 0.6) is 5.75 Å². The highest BCUT2D eigenvalue weighted by atomic mass is 16.5. The molecule has 1 heterocycles. The van der Waals surface area contributed by atoms with Gasteiger partial charge in [-0.15, -0.1) is 0 Å². The third kappa shape index (κ3) is 3.67. The van der Waals surface area contributed by atoms with Gasteiger partial charge in [-0.3, -0.25) is 0 Å². The number of benzene rings is 2. The summed E-state index contributed by atoms with van der Waals surface area (Å²) in [5.74, 6) is 0.663. The number of aromatic amines is 1. The first-order valence-electron chi connectivity index (χ1n) is 7.60. The van der Waals surface area contributed by atoms with Crippen LogP contribution in [-0.4, -0.2) is 29.8 Å². The average Bonchev–Trinajstić information content (AvgIpc) is 3.07. The number of hydrogen-bond donors (Lipinski definition) is 4. The molecule has 0 aliphatic heterocycles. The zero-order valence-electron chi connectivity index (χ0n) is 13.2. The fourth-order valence-corrected chi connectivity index (χ4v) is 2.46. The van der Waals surface area contributed by atoms with Gasteiger partial charge in [0, 0.05) is 29.3 Å². The van der Waals surface area contributed by atoms with Gasteiger partial charge < -0.3 is 25.5 Å². The minimum Gasteiger partial charge on any atom is -0.497 e. The third-order valence-corrected chi connectivity index (χ3v) is 3.75. The van der Waals surface area contributed by atoms with Gasteiger partial charge in [-0.1, -0.05) is 12.1 Å². The van der Waals surface area contributed by atoms with Crippen LogP contribution in [0.3, 0.4) is 0 Å². The molecule has 0 aliphatic rings. The maximum absolute atomic E-state index is 12.0. The van der Waals surface area contributed by atoms with Crippen molar-refractivity contribution in [3.8, 4) is 5.75 Å². The molecule has 124 valence electrons. The number of amides is 2. The summed E-state index contributed by atoms with van der Waals surface area (Å²) in [5, 5.41) is 16.6. The Labute approximate surface area is 139 Å². The first kappa shape index (κ1) is 15.9. The fourth-order valence-electron chi connectivity index (χ4n) is 2.46. The standard InChI is InChI=1S/C18H19N3O3/c1-24-15-4-2-3-13(10-15)17(22)11-20-18(23)21-14-5-6-16-12(9-14)7-8-19-16/h2-10,17,19,22H,11H2,1H3,(H2,20,21,23). The summed E-state index contributed by atoms with van der Waals surface area (Å²) in [6, 6.07) is 14.3. The van der Waals surface area contributed by atoms with Gasteiger partial charge in [-0.2, -0.15) is 0 Å². The van der Waals surface area contributed by atoms with Crippen LogP contribution in [0.4, 0.5) is 10.5 Å². The van der Waals surface area contributed by atoms with E-state index in [0.29, 0.717) is 17.0 Å². The minimum absolute atomic E-state index is 0.103. The molecule has 6 nitrogen and oxygen atoms in total. The van der Waals surface area contributed by atoms with E-state index in [1.165, 1.54) is 0 Å². The van der Waals surface area contributed by atoms with Crippen molar-refractivity contribution in [3.63, 3.8) is 0 Å². The van der Waals surface area contributed by atoms with Crippen molar-refractivity contribution in [1.29, 1.82) is 0 Å². The van der Waals surface area contributed by atoms with Gasteiger partial charge in [0.1, 0.15) is 5.75 Å². The maximum atomic E-state index is 12.0. The van der Waals surface area contributed by atoms with Crippen molar-refractivity contribution in [3.05, 3.63) is 60.3 Å². The molecule has 1 aromatic heterocycles. The summed E-state index contributed by atoms with van der Waals surface area (Å²) in [4.78, 5) is 15.1. The largest absolute Gasteiger partial charge is 0.497 e. The zero-order chi connectivity index (χ0) is 16.9. The van der Waals surface area contributed by atoms with E-state index in [1.54, 1.807) is 31.4 Å². The number of ether oxygens (including phenoxy) is 1. The molecule has 0 fully saturated rings. The number of urea groups is 1. The number of aliphatic hydroxyl groups is 1. The van der Waals surface area contributed by atoms with Gasteiger partial charge in [-0.05, 0) is 42.0 Å². The summed E-state index contributed by atoms with van der Waals surface area (Å²) < 4.78 is 5.12. The molecule has 0 saturated carbocycles. The highest BCUT2D eigenvalue weighted by molar-refractivity contribution is 5.92. The Morgan fingerprint density at radius 2 is 2.12 bits per heavy atom. The lowest BCUT2D eigenvalue weighted by molar-refractivity contribution is 0.175. The second-order valence-corrected chi connectivity index (χ2v) is 5.41. The van der Waals surface area contributed by atoms with E-state index in [4.69, 9.17) is 4.74 Å². The lowest BCUT2D eigenvalue weighted by Gasteiger charge is -2.14. The molecule has 1 atom stereocenters. The van der Waals surface area contributed by atoms with E-state index < -0.39 is 6.10 Å². The summed E-state index contributed by atoms with van der Waals surface area (Å²) in [7, 11) is 1.57. The smallest absolute Gasteiger partial charge is 0.319 e. The topological polar surface area (TPSA) is 86.4 Å². The van der Waals surface area contributed by atoms with Gasteiger partial charge in [0.2, 0.25) is 0 Å². The van der Waals surface area contributed by atoms with Crippen LogP contribution in [0.25, 0.3) is 10.9 Å². The predicted octanol–water partition coefficient (Wildman–Crippen LogP) is 3.03. The molecule has 0 aliphatic carbocycles. The van der Waals surface area contributed by atoms with Gasteiger partial charge in [-0.25, -0.2) is 4.79 Å². The number of aliphatic hydroxyl groups excluding tert-OH is 1. The molecular weight excluding hydrogens is 306 g/mol. The number of carbonyl (C=O) groups excluding carboxylic acids is 1. The van der Waals surface area contributed by atoms with Crippen molar-refractivity contribution < 1.29 is 14.6 Å². The Hall–Kier alpha value is -2.99. The molecule has 2 aromatic carbocycles. The number of nitrogens with one attached hydrogen (secondary N) is 3. The Morgan fingerprint density at radius 3 is 2.96 bits per heavy atom. The van der Waals surface area contributed by atoms with Crippen molar-refractivity contribution in [2.75, 3.05) is 19.0 Å². The molecule has 0 spiro atoms. The van der Waals surface area contributed by atoms with Gasteiger partial charge in [0.05, 0.1) is 13.2 Å². The van der Waals surface area contributed by atoms with Crippen LogP contribution in [-0.2, 0) is 0 Å². The molecule has 0 saturated heterocycles.